The molecule has 0 amide bonds. The fourth-order valence-electron chi connectivity index (χ4n) is 2.08. The molecule has 0 bridgehead atoms. The van der Waals surface area contributed by atoms with Crippen LogP contribution in [0.3, 0.4) is 0 Å². The van der Waals surface area contributed by atoms with Gasteiger partial charge in [-0.2, -0.15) is 0 Å². The zero-order valence-electron chi connectivity index (χ0n) is 11.2. The van der Waals surface area contributed by atoms with Crippen LogP contribution in [-0.2, 0) is 6.54 Å². The summed E-state index contributed by atoms with van der Waals surface area (Å²) in [5, 5.41) is 5.45. The van der Waals surface area contributed by atoms with Crippen molar-refractivity contribution in [2.45, 2.75) is 25.9 Å². The highest BCUT2D eigenvalue weighted by molar-refractivity contribution is 6.42. The molecule has 0 heterocycles. The lowest BCUT2D eigenvalue weighted by atomic mass is 10.0. The van der Waals surface area contributed by atoms with Gasteiger partial charge in [-0.15, -0.1) is 0 Å². The van der Waals surface area contributed by atoms with Crippen LogP contribution >= 0.6 is 34.8 Å². The summed E-state index contributed by atoms with van der Waals surface area (Å²) in [6.07, 6.45) is 1.00. The maximum absolute atomic E-state index is 6.02. The van der Waals surface area contributed by atoms with Crippen LogP contribution in [0, 0.1) is 0 Å². The van der Waals surface area contributed by atoms with Crippen LogP contribution < -0.4 is 5.32 Å². The van der Waals surface area contributed by atoms with Crippen molar-refractivity contribution >= 4 is 34.8 Å². The summed E-state index contributed by atoms with van der Waals surface area (Å²) in [6, 6.07) is 13.9. The van der Waals surface area contributed by atoms with Gasteiger partial charge in [0.1, 0.15) is 0 Å². The van der Waals surface area contributed by atoms with E-state index in [9.17, 15) is 0 Å². The second-order valence-electron chi connectivity index (χ2n) is 4.64. The van der Waals surface area contributed by atoms with Gasteiger partial charge in [0.05, 0.1) is 10.0 Å². The quantitative estimate of drug-likeness (QED) is 0.722. The molecule has 2 aromatic rings. The predicted molar refractivity (Wildman–Crippen MR) is 87.8 cm³/mol. The van der Waals surface area contributed by atoms with Gasteiger partial charge in [-0.1, -0.05) is 59.9 Å². The molecular weight excluding hydrogens is 313 g/mol. The van der Waals surface area contributed by atoms with E-state index in [0.29, 0.717) is 16.1 Å². The topological polar surface area (TPSA) is 12.0 Å². The van der Waals surface area contributed by atoms with Crippen LogP contribution in [0.2, 0.25) is 15.1 Å². The van der Waals surface area contributed by atoms with E-state index in [1.807, 2.05) is 30.3 Å². The number of halogens is 3. The molecule has 0 fully saturated rings. The third-order valence-electron chi connectivity index (χ3n) is 3.22. The highest BCUT2D eigenvalue weighted by Crippen LogP contribution is 2.24. The van der Waals surface area contributed by atoms with Gasteiger partial charge in [-0.3, -0.25) is 0 Å². The summed E-state index contributed by atoms with van der Waals surface area (Å²) in [5.41, 5.74) is 2.35. The molecule has 1 atom stereocenters. The average molecular weight is 329 g/mol. The van der Waals surface area contributed by atoms with Crippen molar-refractivity contribution in [1.82, 2.24) is 5.32 Å². The first-order valence-corrected chi connectivity index (χ1v) is 7.66. The Labute approximate surface area is 134 Å². The monoisotopic (exact) mass is 327 g/mol. The molecule has 0 aliphatic heterocycles. The van der Waals surface area contributed by atoms with E-state index < -0.39 is 0 Å². The molecule has 106 valence electrons. The molecule has 0 radical (unpaired) electrons. The summed E-state index contributed by atoms with van der Waals surface area (Å²) in [4.78, 5) is 0. The number of rotatable bonds is 5. The predicted octanol–water partition coefficient (Wildman–Crippen LogP) is 5.89. The van der Waals surface area contributed by atoms with E-state index in [0.717, 1.165) is 23.6 Å². The van der Waals surface area contributed by atoms with Gasteiger partial charge >= 0.3 is 0 Å². The summed E-state index contributed by atoms with van der Waals surface area (Å²) in [6.45, 7) is 2.90. The summed E-state index contributed by atoms with van der Waals surface area (Å²) >= 11 is 17.9. The van der Waals surface area contributed by atoms with Crippen LogP contribution in [-0.4, -0.2) is 0 Å². The molecule has 2 rings (SSSR count). The van der Waals surface area contributed by atoms with Crippen molar-refractivity contribution in [2.24, 2.45) is 0 Å². The minimum Gasteiger partial charge on any atom is -0.306 e. The average Bonchev–Trinajstić information content (AvgIpc) is 2.45. The van der Waals surface area contributed by atoms with Gasteiger partial charge in [0.25, 0.3) is 0 Å². The third kappa shape index (κ3) is 4.13. The van der Waals surface area contributed by atoms with E-state index in [1.165, 1.54) is 5.56 Å². The maximum Gasteiger partial charge on any atom is 0.0595 e. The van der Waals surface area contributed by atoms with Crippen LogP contribution in [0.1, 0.15) is 30.5 Å². The van der Waals surface area contributed by atoms with E-state index in [4.69, 9.17) is 34.8 Å². The zero-order valence-corrected chi connectivity index (χ0v) is 13.4. The highest BCUT2D eigenvalue weighted by atomic mass is 35.5. The SMILES string of the molecule is CCC(NCc1ccc(Cl)c(Cl)c1)c1ccc(Cl)cc1. The van der Waals surface area contributed by atoms with Crippen LogP contribution in [0.5, 0.6) is 0 Å². The third-order valence-corrected chi connectivity index (χ3v) is 4.21. The van der Waals surface area contributed by atoms with E-state index in [1.54, 1.807) is 0 Å². The Morgan fingerprint density at radius 2 is 1.65 bits per heavy atom. The molecular formula is C16H16Cl3N. The van der Waals surface area contributed by atoms with Crippen LogP contribution in [0.25, 0.3) is 0 Å². The molecule has 0 spiro atoms. The zero-order chi connectivity index (χ0) is 14.5. The first-order valence-electron chi connectivity index (χ1n) is 6.53. The van der Waals surface area contributed by atoms with Crippen molar-refractivity contribution in [2.75, 3.05) is 0 Å². The highest BCUT2D eigenvalue weighted by Gasteiger charge is 2.09. The lowest BCUT2D eigenvalue weighted by Crippen LogP contribution is -2.20. The lowest BCUT2D eigenvalue weighted by Gasteiger charge is -2.18. The molecule has 1 unspecified atom stereocenters. The smallest absolute Gasteiger partial charge is 0.0595 e. The summed E-state index contributed by atoms with van der Waals surface area (Å²) < 4.78 is 0. The van der Waals surface area contributed by atoms with Crippen molar-refractivity contribution in [3.8, 4) is 0 Å². The minimum atomic E-state index is 0.293. The van der Waals surface area contributed by atoms with Crippen LogP contribution in [0.4, 0.5) is 0 Å². The molecule has 0 saturated heterocycles. The van der Waals surface area contributed by atoms with Gasteiger partial charge in [-0.05, 0) is 41.8 Å². The molecule has 20 heavy (non-hydrogen) atoms. The van der Waals surface area contributed by atoms with E-state index in [2.05, 4.69) is 24.4 Å². The van der Waals surface area contributed by atoms with Crippen molar-refractivity contribution in [1.29, 1.82) is 0 Å². The van der Waals surface area contributed by atoms with Gasteiger partial charge in [0, 0.05) is 17.6 Å². The fraction of sp³-hybridized carbons (Fsp3) is 0.250. The molecule has 1 nitrogen and oxygen atoms in total. The Morgan fingerprint density at radius 3 is 2.25 bits per heavy atom. The number of hydrogen-bond donors (Lipinski definition) is 1. The molecule has 1 N–H and O–H groups in total. The van der Waals surface area contributed by atoms with E-state index >= 15 is 0 Å². The van der Waals surface area contributed by atoms with Crippen molar-refractivity contribution < 1.29 is 0 Å². The molecule has 0 saturated carbocycles. The normalized spacial score (nSPS) is 12.4. The van der Waals surface area contributed by atoms with Gasteiger partial charge < -0.3 is 5.32 Å². The van der Waals surface area contributed by atoms with Gasteiger partial charge in [0.2, 0.25) is 0 Å². The Bertz CT molecular complexity index is 566. The molecule has 4 heteroatoms. The molecule has 0 aliphatic carbocycles. The first-order chi connectivity index (χ1) is 9.60. The molecule has 0 aromatic heterocycles. The Kier molecular flexibility index (Phi) is 5.74. The van der Waals surface area contributed by atoms with E-state index in [-0.39, 0.29) is 0 Å². The Morgan fingerprint density at radius 1 is 0.950 bits per heavy atom. The summed E-state index contributed by atoms with van der Waals surface area (Å²) in [5.74, 6) is 0. The van der Waals surface area contributed by atoms with Crippen molar-refractivity contribution in [3.05, 3.63) is 68.7 Å². The minimum absolute atomic E-state index is 0.293. The number of hydrogen-bond acceptors (Lipinski definition) is 1. The largest absolute Gasteiger partial charge is 0.306 e. The second kappa shape index (κ2) is 7.33. The number of nitrogens with one attached hydrogen (secondary N) is 1. The van der Waals surface area contributed by atoms with Crippen molar-refractivity contribution in [3.63, 3.8) is 0 Å². The van der Waals surface area contributed by atoms with Crippen LogP contribution in [0.15, 0.2) is 42.5 Å². The maximum atomic E-state index is 6.02. The standard InChI is InChI=1S/C16H16Cl3N/c1-2-16(12-4-6-13(17)7-5-12)20-10-11-3-8-14(18)15(19)9-11/h3-9,16,20H,2,10H2,1H3. The Hall–Kier alpha value is -0.730. The first kappa shape index (κ1) is 15.7. The molecule has 0 aliphatic rings. The molecule has 2 aromatic carbocycles. The second-order valence-corrected chi connectivity index (χ2v) is 5.89. The van der Waals surface area contributed by atoms with Gasteiger partial charge in [0.15, 0.2) is 0 Å². The van der Waals surface area contributed by atoms with Gasteiger partial charge in [-0.25, -0.2) is 0 Å². The number of benzene rings is 2. The summed E-state index contributed by atoms with van der Waals surface area (Å²) in [7, 11) is 0. The lowest BCUT2D eigenvalue weighted by molar-refractivity contribution is 0.519. The Balaban J connectivity index is 2.03. The fourth-order valence-corrected chi connectivity index (χ4v) is 2.53.